The number of hydrogen-bond donors (Lipinski definition) is 0. The number of fused-ring (bicyclic) bond motifs is 2. The van der Waals surface area contributed by atoms with Gasteiger partial charge in [0.1, 0.15) is 0 Å². The molecule has 9 heavy (non-hydrogen) atoms. The smallest absolute Gasteiger partial charge is 0.210 e. The fraction of sp³-hybridized carbons (Fsp3) is 1.00. The first-order chi connectivity index (χ1) is 4.36. The van der Waals surface area contributed by atoms with Gasteiger partial charge >= 0.3 is 0 Å². The Morgan fingerprint density at radius 1 is 1.22 bits per heavy atom. The summed E-state index contributed by atoms with van der Waals surface area (Å²) in [5, 5.41) is -0.0382. The lowest BCUT2D eigenvalue weighted by atomic mass is 10.2. The van der Waals surface area contributed by atoms with Gasteiger partial charge in [0.2, 0.25) is 6.29 Å². The van der Waals surface area contributed by atoms with E-state index >= 15 is 0 Å². The van der Waals surface area contributed by atoms with Crippen LogP contribution in [0.15, 0.2) is 0 Å². The summed E-state index contributed by atoms with van der Waals surface area (Å²) in [5.74, 6) is 0. The molecule has 2 fully saturated rings. The lowest BCUT2D eigenvalue weighted by molar-refractivity contribution is -0.289. The van der Waals surface area contributed by atoms with Gasteiger partial charge in [-0.2, -0.15) is 0 Å². The molecule has 2 rings (SSSR count). The Morgan fingerprint density at radius 2 is 2.11 bits per heavy atom. The summed E-state index contributed by atoms with van der Waals surface area (Å²) in [5.41, 5.74) is 0. The monoisotopic (exact) mass is 150 g/mol. The van der Waals surface area contributed by atoms with Crippen LogP contribution < -0.4 is 0 Å². The van der Waals surface area contributed by atoms with E-state index in [-0.39, 0.29) is 18.0 Å². The zero-order chi connectivity index (χ0) is 6.27. The zero-order valence-electron chi connectivity index (χ0n) is 4.75. The third kappa shape index (κ3) is 0.942. The molecule has 0 aliphatic carbocycles. The van der Waals surface area contributed by atoms with E-state index in [2.05, 4.69) is 0 Å². The average Bonchev–Trinajstić information content (AvgIpc) is 2.25. The van der Waals surface area contributed by atoms with E-state index in [9.17, 15) is 0 Å². The predicted molar refractivity (Wildman–Crippen MR) is 29.7 cm³/mol. The van der Waals surface area contributed by atoms with E-state index in [0.29, 0.717) is 0 Å². The second-order valence-corrected chi connectivity index (χ2v) is 2.78. The van der Waals surface area contributed by atoms with Crippen LogP contribution in [0.5, 0.6) is 0 Å². The molecule has 0 aromatic heterocycles. The number of hydrogen-bond acceptors (Lipinski definition) is 3. The molecule has 0 spiro atoms. The van der Waals surface area contributed by atoms with Gasteiger partial charge in [0.25, 0.3) is 0 Å². The molecule has 0 N–H and O–H groups in total. The minimum Gasteiger partial charge on any atom is -0.316 e. The van der Waals surface area contributed by atoms with Crippen molar-refractivity contribution >= 4 is 11.6 Å². The lowest BCUT2D eigenvalue weighted by Gasteiger charge is -2.18. The van der Waals surface area contributed by atoms with Crippen LogP contribution in [0, 0.1) is 0 Å². The molecule has 3 atom stereocenters. The minimum absolute atomic E-state index is 0.0382. The molecule has 0 saturated carbocycles. The van der Waals surface area contributed by atoms with Crippen molar-refractivity contribution in [3.8, 4) is 0 Å². The first kappa shape index (κ1) is 5.92. The van der Waals surface area contributed by atoms with Crippen LogP contribution in [0.4, 0.5) is 0 Å². The highest BCUT2D eigenvalue weighted by Gasteiger charge is 2.38. The van der Waals surface area contributed by atoms with E-state index in [1.165, 1.54) is 0 Å². The third-order valence-corrected chi connectivity index (χ3v) is 1.94. The van der Waals surface area contributed by atoms with Crippen LogP contribution in [0.25, 0.3) is 0 Å². The topological polar surface area (TPSA) is 27.7 Å². The Labute approximate surface area is 57.8 Å². The second kappa shape index (κ2) is 2.09. The highest BCUT2D eigenvalue weighted by Crippen LogP contribution is 2.30. The molecule has 0 amide bonds. The molecule has 2 aliphatic heterocycles. The largest absolute Gasteiger partial charge is 0.316 e. The van der Waals surface area contributed by atoms with Crippen molar-refractivity contribution in [3.05, 3.63) is 0 Å². The van der Waals surface area contributed by atoms with Crippen LogP contribution in [0.1, 0.15) is 12.8 Å². The van der Waals surface area contributed by atoms with Gasteiger partial charge in [0.05, 0.1) is 5.38 Å². The van der Waals surface area contributed by atoms with Gasteiger partial charge in [-0.15, -0.1) is 11.6 Å². The van der Waals surface area contributed by atoms with Crippen molar-refractivity contribution in [1.29, 1.82) is 0 Å². The number of ether oxygens (including phenoxy) is 1. The Bertz CT molecular complexity index is 119. The van der Waals surface area contributed by atoms with Crippen molar-refractivity contribution in [2.75, 3.05) is 0 Å². The first-order valence-corrected chi connectivity index (χ1v) is 3.41. The Kier molecular flexibility index (Phi) is 1.38. The molecular weight excluding hydrogens is 144 g/mol. The van der Waals surface area contributed by atoms with Gasteiger partial charge < -0.3 is 4.74 Å². The van der Waals surface area contributed by atoms with Crippen LogP contribution in [-0.2, 0) is 14.5 Å². The molecule has 2 saturated heterocycles. The Morgan fingerprint density at radius 3 is 2.89 bits per heavy atom. The number of rotatable bonds is 0. The normalized spacial score (nSPS) is 49.7. The van der Waals surface area contributed by atoms with Gasteiger partial charge in [-0.3, -0.25) is 0 Å². The molecule has 2 bridgehead atoms. The fourth-order valence-electron chi connectivity index (χ4n) is 1.00. The summed E-state index contributed by atoms with van der Waals surface area (Å²) in [4.78, 5) is 9.48. The van der Waals surface area contributed by atoms with Crippen LogP contribution >= 0.6 is 11.6 Å². The number of halogens is 1. The predicted octanol–water partition coefficient (Wildman–Crippen LogP) is 1.02. The van der Waals surface area contributed by atoms with Crippen LogP contribution in [0.2, 0.25) is 0 Å². The lowest BCUT2D eigenvalue weighted by Crippen LogP contribution is -2.28. The highest BCUT2D eigenvalue weighted by molar-refractivity contribution is 6.20. The standard InChI is InChI=1S/C5H7ClO3/c6-3-1-2-4-7-5(3)9-8-4/h3-5H,1-2H2/t3-,4-,5+/m1/s1. The van der Waals surface area contributed by atoms with Gasteiger partial charge in [0.15, 0.2) is 6.29 Å². The van der Waals surface area contributed by atoms with Crippen molar-refractivity contribution in [1.82, 2.24) is 0 Å². The van der Waals surface area contributed by atoms with Crippen LogP contribution in [-0.4, -0.2) is 18.0 Å². The Balaban J connectivity index is 2.05. The summed E-state index contributed by atoms with van der Waals surface area (Å²) in [6.07, 6.45) is 1.26. The van der Waals surface area contributed by atoms with Crippen molar-refractivity contribution in [2.24, 2.45) is 0 Å². The van der Waals surface area contributed by atoms with E-state index < -0.39 is 0 Å². The van der Waals surface area contributed by atoms with Crippen molar-refractivity contribution in [3.63, 3.8) is 0 Å². The Hall–Kier alpha value is 0.170. The number of alkyl halides is 1. The molecular formula is C5H7ClO3. The summed E-state index contributed by atoms with van der Waals surface area (Å²) in [6, 6.07) is 0. The minimum atomic E-state index is -0.328. The first-order valence-electron chi connectivity index (χ1n) is 2.98. The molecule has 0 radical (unpaired) electrons. The molecule has 2 heterocycles. The second-order valence-electron chi connectivity index (χ2n) is 2.22. The SMILES string of the molecule is Cl[C@@H]1CC[C@H]2OO[C@@H]1O2. The van der Waals surface area contributed by atoms with E-state index in [4.69, 9.17) is 26.1 Å². The summed E-state index contributed by atoms with van der Waals surface area (Å²) >= 11 is 5.78. The fourth-order valence-corrected chi connectivity index (χ4v) is 1.23. The van der Waals surface area contributed by atoms with Gasteiger partial charge in [-0.25, -0.2) is 9.78 Å². The molecule has 0 unspecified atom stereocenters. The molecule has 0 aromatic carbocycles. The molecule has 3 nitrogen and oxygen atoms in total. The summed E-state index contributed by atoms with van der Waals surface area (Å²) in [6.45, 7) is 0. The maximum atomic E-state index is 5.78. The molecule has 52 valence electrons. The van der Waals surface area contributed by atoms with E-state index in [1.54, 1.807) is 0 Å². The van der Waals surface area contributed by atoms with E-state index in [1.807, 2.05) is 0 Å². The molecule has 0 aromatic rings. The van der Waals surface area contributed by atoms with Gasteiger partial charge in [0, 0.05) is 6.42 Å². The molecule has 4 heteroatoms. The van der Waals surface area contributed by atoms with Crippen molar-refractivity contribution < 1.29 is 14.5 Å². The summed E-state index contributed by atoms with van der Waals surface area (Å²) in [7, 11) is 0. The van der Waals surface area contributed by atoms with Gasteiger partial charge in [-0.1, -0.05) is 0 Å². The average molecular weight is 151 g/mol. The zero-order valence-corrected chi connectivity index (χ0v) is 5.50. The van der Waals surface area contributed by atoms with Gasteiger partial charge in [-0.05, 0) is 6.42 Å². The van der Waals surface area contributed by atoms with Crippen molar-refractivity contribution in [2.45, 2.75) is 30.8 Å². The highest BCUT2D eigenvalue weighted by atomic mass is 35.5. The van der Waals surface area contributed by atoms with E-state index in [0.717, 1.165) is 12.8 Å². The molecule has 2 aliphatic rings. The van der Waals surface area contributed by atoms with Crippen LogP contribution in [0.3, 0.4) is 0 Å². The maximum absolute atomic E-state index is 5.78. The maximum Gasteiger partial charge on any atom is 0.210 e. The third-order valence-electron chi connectivity index (χ3n) is 1.52. The quantitative estimate of drug-likeness (QED) is 0.381. The summed E-state index contributed by atoms with van der Waals surface area (Å²) < 4.78 is 5.13.